The van der Waals surface area contributed by atoms with E-state index in [1.165, 1.54) is 18.3 Å². The highest BCUT2D eigenvalue weighted by Crippen LogP contribution is 2.25. The molecule has 1 N–H and O–H groups in total. The summed E-state index contributed by atoms with van der Waals surface area (Å²) < 4.78 is 5.54. The molecule has 0 aliphatic carbocycles. The molecule has 0 saturated heterocycles. The highest BCUT2D eigenvalue weighted by Gasteiger charge is 2.08. The highest BCUT2D eigenvalue weighted by atomic mass is 16.6. The molecule has 0 fully saturated rings. The van der Waals surface area contributed by atoms with Crippen LogP contribution >= 0.6 is 0 Å². The molecule has 7 heteroatoms. The first-order chi connectivity index (χ1) is 12.0. The number of nitrogens with one attached hydrogen (secondary N) is 1. The molecule has 2 rings (SSSR count). The quantitative estimate of drug-likeness (QED) is 0.475. The smallest absolute Gasteiger partial charge is 0.277 e. The van der Waals surface area contributed by atoms with E-state index in [-0.39, 0.29) is 12.3 Å². The normalized spacial score (nSPS) is 10.8. The Kier molecular flexibility index (Phi) is 6.22. The topological polar surface area (TPSA) is 93.8 Å². The maximum Gasteiger partial charge on any atom is 0.277 e. The van der Waals surface area contributed by atoms with Gasteiger partial charge in [0.25, 0.3) is 11.6 Å². The van der Waals surface area contributed by atoms with Gasteiger partial charge in [-0.3, -0.25) is 14.9 Å². The number of para-hydroxylation sites is 1. The molecule has 0 atom stereocenters. The van der Waals surface area contributed by atoms with E-state index in [0.29, 0.717) is 17.2 Å². The standard InChI is InChI=1S/C18H19N3O4/c1-13(2)16-5-3-4-6-17(16)25-12-18(22)20-19-11-14-7-9-15(10-8-14)21(23)24/h3-11,13H,12H2,1-2H3,(H,20,22)/b19-11-. The minimum absolute atomic E-state index is 0.00148. The molecule has 7 nitrogen and oxygen atoms in total. The van der Waals surface area contributed by atoms with Crippen molar-refractivity contribution >= 4 is 17.8 Å². The van der Waals surface area contributed by atoms with Crippen LogP contribution in [0.5, 0.6) is 5.75 Å². The fourth-order valence-electron chi connectivity index (χ4n) is 2.13. The fraction of sp³-hybridized carbons (Fsp3) is 0.222. The van der Waals surface area contributed by atoms with Crippen molar-refractivity contribution in [1.82, 2.24) is 5.43 Å². The Balaban J connectivity index is 1.85. The Bertz CT molecular complexity index is 770. The summed E-state index contributed by atoms with van der Waals surface area (Å²) >= 11 is 0. The first-order valence-electron chi connectivity index (χ1n) is 7.75. The maximum atomic E-state index is 11.8. The number of hydrogen-bond donors (Lipinski definition) is 1. The second kappa shape index (κ2) is 8.58. The maximum absolute atomic E-state index is 11.8. The predicted molar refractivity (Wildman–Crippen MR) is 94.9 cm³/mol. The molecular formula is C18H19N3O4. The Labute approximate surface area is 145 Å². The van der Waals surface area contributed by atoms with Crippen LogP contribution in [0.15, 0.2) is 53.6 Å². The zero-order valence-corrected chi connectivity index (χ0v) is 14.0. The number of benzene rings is 2. The first-order valence-corrected chi connectivity index (χ1v) is 7.75. The van der Waals surface area contributed by atoms with E-state index < -0.39 is 10.8 Å². The summed E-state index contributed by atoms with van der Waals surface area (Å²) in [5, 5.41) is 14.4. The van der Waals surface area contributed by atoms with Crippen molar-refractivity contribution in [3.8, 4) is 5.75 Å². The van der Waals surface area contributed by atoms with Crippen molar-refractivity contribution in [1.29, 1.82) is 0 Å². The van der Waals surface area contributed by atoms with Gasteiger partial charge >= 0.3 is 0 Å². The van der Waals surface area contributed by atoms with Crippen LogP contribution in [0, 0.1) is 10.1 Å². The van der Waals surface area contributed by atoms with Crippen molar-refractivity contribution < 1.29 is 14.5 Å². The van der Waals surface area contributed by atoms with Crippen molar-refractivity contribution in [2.45, 2.75) is 19.8 Å². The molecule has 25 heavy (non-hydrogen) atoms. The zero-order valence-electron chi connectivity index (χ0n) is 14.0. The van der Waals surface area contributed by atoms with Gasteiger partial charge in [-0.2, -0.15) is 5.10 Å². The number of nitro benzene ring substituents is 1. The van der Waals surface area contributed by atoms with Gasteiger partial charge < -0.3 is 4.74 Å². The van der Waals surface area contributed by atoms with Gasteiger partial charge in [0.2, 0.25) is 0 Å². The van der Waals surface area contributed by atoms with E-state index in [2.05, 4.69) is 24.4 Å². The van der Waals surface area contributed by atoms with Crippen LogP contribution < -0.4 is 10.2 Å². The number of nitrogens with zero attached hydrogens (tertiary/aromatic N) is 2. The molecule has 0 bridgehead atoms. The number of carbonyl (C=O) groups excluding carboxylic acids is 1. The minimum Gasteiger partial charge on any atom is -0.483 e. The lowest BCUT2D eigenvalue weighted by molar-refractivity contribution is -0.384. The number of rotatable bonds is 7. The largest absolute Gasteiger partial charge is 0.483 e. The summed E-state index contributed by atoms with van der Waals surface area (Å²) in [4.78, 5) is 21.9. The first kappa shape index (κ1) is 18.1. The molecule has 2 aromatic rings. The molecule has 0 aromatic heterocycles. The average Bonchev–Trinajstić information content (AvgIpc) is 2.60. The van der Waals surface area contributed by atoms with Crippen LogP contribution in [0.25, 0.3) is 0 Å². The summed E-state index contributed by atoms with van der Waals surface area (Å²) in [6, 6.07) is 13.4. The Morgan fingerprint density at radius 3 is 2.56 bits per heavy atom. The molecule has 0 saturated carbocycles. The van der Waals surface area contributed by atoms with E-state index in [1.807, 2.05) is 24.3 Å². The van der Waals surface area contributed by atoms with Crippen LogP contribution in [0.3, 0.4) is 0 Å². The predicted octanol–water partition coefficient (Wildman–Crippen LogP) is 3.25. The van der Waals surface area contributed by atoms with E-state index in [0.717, 1.165) is 5.56 Å². The molecule has 0 spiro atoms. The van der Waals surface area contributed by atoms with E-state index in [1.54, 1.807) is 12.1 Å². The molecule has 1 amide bonds. The summed E-state index contributed by atoms with van der Waals surface area (Å²) in [5.41, 5.74) is 4.03. The van der Waals surface area contributed by atoms with E-state index in [9.17, 15) is 14.9 Å². The van der Waals surface area contributed by atoms with Crippen LogP contribution in [0.4, 0.5) is 5.69 Å². The lowest BCUT2D eigenvalue weighted by atomic mass is 10.0. The SMILES string of the molecule is CC(C)c1ccccc1OCC(=O)N/N=C\c1ccc([N+](=O)[O-])cc1. The van der Waals surface area contributed by atoms with Crippen LogP contribution in [0.1, 0.15) is 30.9 Å². The molecule has 0 unspecified atom stereocenters. The van der Waals surface area contributed by atoms with Gasteiger partial charge in [-0.25, -0.2) is 5.43 Å². The third-order valence-electron chi connectivity index (χ3n) is 3.41. The third-order valence-corrected chi connectivity index (χ3v) is 3.41. The van der Waals surface area contributed by atoms with Crippen molar-refractivity contribution in [2.75, 3.05) is 6.61 Å². The number of hydrazone groups is 1. The summed E-state index contributed by atoms with van der Waals surface area (Å²) in [5.74, 6) is 0.572. The van der Waals surface area contributed by atoms with Crippen LogP contribution in [0.2, 0.25) is 0 Å². The van der Waals surface area contributed by atoms with Gasteiger partial charge in [-0.15, -0.1) is 0 Å². The lowest BCUT2D eigenvalue weighted by Crippen LogP contribution is -2.24. The lowest BCUT2D eigenvalue weighted by Gasteiger charge is -2.12. The van der Waals surface area contributed by atoms with Gasteiger partial charge in [0.15, 0.2) is 6.61 Å². The summed E-state index contributed by atoms with van der Waals surface area (Å²) in [6.45, 7) is 3.95. The number of carbonyl (C=O) groups is 1. The van der Waals surface area contributed by atoms with Gasteiger partial charge in [-0.05, 0) is 35.2 Å². The third kappa shape index (κ3) is 5.42. The van der Waals surface area contributed by atoms with Crippen molar-refractivity contribution in [3.63, 3.8) is 0 Å². The molecule has 0 aliphatic rings. The number of ether oxygens (including phenoxy) is 1. The second-order valence-corrected chi connectivity index (χ2v) is 5.62. The van der Waals surface area contributed by atoms with Gasteiger partial charge in [0, 0.05) is 12.1 Å². The van der Waals surface area contributed by atoms with Gasteiger partial charge in [0.1, 0.15) is 5.75 Å². The Hall–Kier alpha value is -3.22. The average molecular weight is 341 g/mol. The summed E-state index contributed by atoms with van der Waals surface area (Å²) in [6.07, 6.45) is 1.41. The Morgan fingerprint density at radius 2 is 1.92 bits per heavy atom. The van der Waals surface area contributed by atoms with Gasteiger partial charge in [0.05, 0.1) is 11.1 Å². The number of non-ortho nitro benzene ring substituents is 1. The molecule has 0 heterocycles. The second-order valence-electron chi connectivity index (χ2n) is 5.62. The minimum atomic E-state index is -0.477. The number of nitro groups is 1. The number of hydrogen-bond acceptors (Lipinski definition) is 5. The molecule has 0 radical (unpaired) electrons. The van der Waals surface area contributed by atoms with E-state index in [4.69, 9.17) is 4.74 Å². The van der Waals surface area contributed by atoms with Gasteiger partial charge in [-0.1, -0.05) is 32.0 Å². The highest BCUT2D eigenvalue weighted by molar-refractivity contribution is 5.83. The monoisotopic (exact) mass is 341 g/mol. The molecule has 0 aliphatic heterocycles. The molecule has 130 valence electrons. The number of amides is 1. The Morgan fingerprint density at radius 1 is 1.24 bits per heavy atom. The van der Waals surface area contributed by atoms with Crippen LogP contribution in [-0.2, 0) is 4.79 Å². The van der Waals surface area contributed by atoms with Crippen molar-refractivity contribution in [3.05, 3.63) is 69.8 Å². The van der Waals surface area contributed by atoms with Crippen molar-refractivity contribution in [2.24, 2.45) is 5.10 Å². The van der Waals surface area contributed by atoms with Crippen LogP contribution in [-0.4, -0.2) is 23.7 Å². The van der Waals surface area contributed by atoms with E-state index >= 15 is 0 Å². The summed E-state index contributed by atoms with van der Waals surface area (Å²) in [7, 11) is 0. The molecule has 2 aromatic carbocycles. The fourth-order valence-corrected chi connectivity index (χ4v) is 2.13. The zero-order chi connectivity index (χ0) is 18.2. The molecular weight excluding hydrogens is 322 g/mol.